The van der Waals surface area contributed by atoms with Crippen molar-refractivity contribution in [3.05, 3.63) is 72.1 Å². The number of pyridine rings is 1. The highest BCUT2D eigenvalue weighted by atomic mass is 16.5. The Morgan fingerprint density at radius 3 is 2.64 bits per heavy atom. The number of aromatic nitrogens is 1. The molecule has 2 aromatic heterocycles. The zero-order chi connectivity index (χ0) is 15.4. The highest BCUT2D eigenvalue weighted by Gasteiger charge is 2.20. The van der Waals surface area contributed by atoms with Crippen LogP contribution in [0.15, 0.2) is 65.8 Å². The normalized spacial score (nSPS) is 11.6. The van der Waals surface area contributed by atoms with Crippen LogP contribution in [0.4, 0.5) is 5.69 Å². The molecule has 0 aliphatic rings. The number of carbonyl (C=O) groups is 1. The first kappa shape index (κ1) is 13.8. The van der Waals surface area contributed by atoms with Gasteiger partial charge in [-0.2, -0.15) is 4.99 Å². The zero-order valence-electron chi connectivity index (χ0n) is 11.5. The number of rotatable bonds is 5. The van der Waals surface area contributed by atoms with E-state index in [4.69, 9.17) is 4.74 Å². The molecule has 22 heavy (non-hydrogen) atoms. The quantitative estimate of drug-likeness (QED) is 0.412. The largest absolute Gasteiger partial charge is 0.453 e. The van der Waals surface area contributed by atoms with Gasteiger partial charge in [0.2, 0.25) is 6.08 Å². The van der Waals surface area contributed by atoms with E-state index < -0.39 is 6.10 Å². The Morgan fingerprint density at radius 1 is 1.14 bits per heavy atom. The van der Waals surface area contributed by atoms with Gasteiger partial charge in [-0.3, -0.25) is 4.79 Å². The summed E-state index contributed by atoms with van der Waals surface area (Å²) >= 11 is 0. The lowest BCUT2D eigenvalue weighted by Gasteiger charge is -2.15. The minimum absolute atomic E-state index is 0.419. The molecule has 1 aromatic carbocycles. The number of hydrogen-bond acceptors (Lipinski definition) is 4. The van der Waals surface area contributed by atoms with Gasteiger partial charge in [-0.05, 0) is 23.8 Å². The molecular weight excluding hydrogens is 280 g/mol. The van der Waals surface area contributed by atoms with Gasteiger partial charge in [0.25, 0.3) is 6.47 Å². The number of nitrogens with zero attached hydrogens (tertiary/aromatic N) is 2. The predicted molar refractivity (Wildman–Crippen MR) is 80.6 cm³/mol. The number of hydrogen-bond donors (Lipinski definition) is 0. The van der Waals surface area contributed by atoms with Crippen LogP contribution in [0.5, 0.6) is 0 Å². The third-order valence-corrected chi connectivity index (χ3v) is 3.41. The van der Waals surface area contributed by atoms with Gasteiger partial charge in [-0.25, -0.2) is 4.79 Å². The first-order valence-electron chi connectivity index (χ1n) is 6.67. The molecule has 5 heteroatoms. The molecule has 108 valence electrons. The topological polar surface area (TPSA) is 60.1 Å². The summed E-state index contributed by atoms with van der Waals surface area (Å²) in [5.74, 6) is 0. The van der Waals surface area contributed by atoms with Crippen molar-refractivity contribution >= 4 is 23.8 Å². The molecule has 0 aliphatic carbocycles. The van der Waals surface area contributed by atoms with Crippen LogP contribution in [-0.4, -0.2) is 17.0 Å². The minimum Gasteiger partial charge on any atom is -0.453 e. The molecule has 0 amide bonds. The van der Waals surface area contributed by atoms with Crippen molar-refractivity contribution in [2.24, 2.45) is 4.99 Å². The van der Waals surface area contributed by atoms with Crippen LogP contribution in [0.2, 0.25) is 0 Å². The van der Waals surface area contributed by atoms with Gasteiger partial charge in [0.05, 0.1) is 11.2 Å². The predicted octanol–water partition coefficient (Wildman–Crippen LogP) is 3.17. The fourth-order valence-corrected chi connectivity index (χ4v) is 2.50. The molecule has 0 saturated carbocycles. The van der Waals surface area contributed by atoms with Gasteiger partial charge < -0.3 is 9.14 Å². The Hall–Kier alpha value is -3.17. The molecule has 2 heterocycles. The van der Waals surface area contributed by atoms with Gasteiger partial charge in [-0.15, -0.1) is 0 Å². The number of aliphatic imine (C=N–C) groups is 1. The Labute approximate surface area is 126 Å². The summed E-state index contributed by atoms with van der Waals surface area (Å²) in [6, 6.07) is 16.6. The lowest BCUT2D eigenvalue weighted by Crippen LogP contribution is -2.07. The van der Waals surface area contributed by atoms with Crippen molar-refractivity contribution in [1.82, 2.24) is 4.40 Å². The molecular formula is C17H12N2O3. The zero-order valence-corrected chi connectivity index (χ0v) is 11.5. The smallest absolute Gasteiger partial charge is 0.294 e. The molecule has 0 saturated heterocycles. The first-order valence-corrected chi connectivity index (χ1v) is 6.67. The van der Waals surface area contributed by atoms with Crippen LogP contribution in [0.1, 0.15) is 17.4 Å². The molecule has 3 rings (SSSR count). The average molecular weight is 292 g/mol. The van der Waals surface area contributed by atoms with E-state index in [0.717, 1.165) is 11.1 Å². The van der Waals surface area contributed by atoms with E-state index in [1.54, 1.807) is 12.1 Å². The monoisotopic (exact) mass is 292 g/mol. The van der Waals surface area contributed by atoms with Crippen LogP contribution in [0.25, 0.3) is 5.52 Å². The van der Waals surface area contributed by atoms with E-state index in [1.165, 1.54) is 0 Å². The maximum absolute atomic E-state index is 10.9. The van der Waals surface area contributed by atoms with Gasteiger partial charge in [-0.1, -0.05) is 36.4 Å². The minimum atomic E-state index is -0.579. The first-order chi connectivity index (χ1) is 10.8. The summed E-state index contributed by atoms with van der Waals surface area (Å²) in [4.78, 5) is 25.2. The molecule has 1 atom stereocenters. The molecule has 0 radical (unpaired) electrons. The van der Waals surface area contributed by atoms with Crippen molar-refractivity contribution in [3.8, 4) is 0 Å². The second kappa shape index (κ2) is 6.08. The fourth-order valence-electron chi connectivity index (χ4n) is 2.50. The summed E-state index contributed by atoms with van der Waals surface area (Å²) in [6.07, 6.45) is 2.80. The lowest BCUT2D eigenvalue weighted by atomic mass is 10.1. The van der Waals surface area contributed by atoms with Crippen LogP contribution >= 0.6 is 0 Å². The molecule has 0 bridgehead atoms. The van der Waals surface area contributed by atoms with Crippen molar-refractivity contribution in [1.29, 1.82) is 0 Å². The van der Waals surface area contributed by atoms with E-state index in [0.29, 0.717) is 17.9 Å². The third-order valence-electron chi connectivity index (χ3n) is 3.41. The molecule has 0 spiro atoms. The van der Waals surface area contributed by atoms with E-state index >= 15 is 0 Å². The maximum Gasteiger partial charge on any atom is 0.294 e. The molecule has 5 nitrogen and oxygen atoms in total. The summed E-state index contributed by atoms with van der Waals surface area (Å²) < 4.78 is 7.12. The third kappa shape index (κ3) is 2.41. The van der Waals surface area contributed by atoms with E-state index in [-0.39, 0.29) is 0 Å². The van der Waals surface area contributed by atoms with Gasteiger partial charge in [0, 0.05) is 6.20 Å². The summed E-state index contributed by atoms with van der Waals surface area (Å²) in [5.41, 5.74) is 2.78. The Kier molecular flexibility index (Phi) is 3.81. The number of carbonyl (C=O) groups excluding carboxylic acids is 2. The summed E-state index contributed by atoms with van der Waals surface area (Å²) in [7, 11) is 0. The lowest BCUT2D eigenvalue weighted by molar-refractivity contribution is -0.132. The fraction of sp³-hybridized carbons (Fsp3) is 0.0588. The van der Waals surface area contributed by atoms with E-state index in [1.807, 2.05) is 59.1 Å². The Bertz CT molecular complexity index is 849. The highest BCUT2D eigenvalue weighted by molar-refractivity contribution is 5.74. The SMILES string of the molecule is O=C=Nc1cc(C(OC=O)c2ccccc2)n2ccccc12. The van der Waals surface area contributed by atoms with E-state index in [9.17, 15) is 9.59 Å². The van der Waals surface area contributed by atoms with Gasteiger partial charge in [0.1, 0.15) is 5.69 Å². The van der Waals surface area contributed by atoms with Crippen LogP contribution in [0.3, 0.4) is 0 Å². The van der Waals surface area contributed by atoms with Gasteiger partial charge in [0.15, 0.2) is 6.10 Å². The van der Waals surface area contributed by atoms with Crippen LogP contribution in [-0.2, 0) is 14.3 Å². The molecule has 0 fully saturated rings. The Morgan fingerprint density at radius 2 is 1.91 bits per heavy atom. The number of ether oxygens (including phenoxy) is 1. The van der Waals surface area contributed by atoms with Gasteiger partial charge >= 0.3 is 0 Å². The van der Waals surface area contributed by atoms with Crippen LogP contribution < -0.4 is 0 Å². The average Bonchev–Trinajstić information content (AvgIpc) is 2.93. The maximum atomic E-state index is 10.9. The molecule has 3 aromatic rings. The van der Waals surface area contributed by atoms with Crippen molar-refractivity contribution in [2.75, 3.05) is 0 Å². The summed E-state index contributed by atoms with van der Waals surface area (Å²) in [6.45, 7) is 0.419. The molecule has 0 N–H and O–H groups in total. The second-order valence-electron chi connectivity index (χ2n) is 4.64. The molecule has 0 aliphatic heterocycles. The van der Waals surface area contributed by atoms with Crippen molar-refractivity contribution in [2.45, 2.75) is 6.10 Å². The number of benzene rings is 1. The number of isocyanates is 1. The van der Waals surface area contributed by atoms with Crippen LogP contribution in [0, 0.1) is 0 Å². The highest BCUT2D eigenvalue weighted by Crippen LogP contribution is 2.32. The standard InChI is InChI=1S/C17H12N2O3/c20-11-18-14-10-16(19-9-5-4-8-15(14)19)17(22-12-21)13-6-2-1-3-7-13/h1-10,12,17H. The second-order valence-corrected chi connectivity index (χ2v) is 4.64. The summed E-state index contributed by atoms with van der Waals surface area (Å²) in [5, 5.41) is 0. The van der Waals surface area contributed by atoms with E-state index in [2.05, 4.69) is 4.99 Å². The Balaban J connectivity index is 2.22. The van der Waals surface area contributed by atoms with Crippen molar-refractivity contribution in [3.63, 3.8) is 0 Å². The number of fused-ring (bicyclic) bond motifs is 1. The molecule has 1 unspecified atom stereocenters. The van der Waals surface area contributed by atoms with Crippen molar-refractivity contribution < 1.29 is 14.3 Å².